The summed E-state index contributed by atoms with van der Waals surface area (Å²) >= 11 is 0. The van der Waals surface area contributed by atoms with E-state index in [1.807, 2.05) is 5.32 Å². The van der Waals surface area contributed by atoms with Crippen molar-refractivity contribution in [2.75, 3.05) is 34.0 Å². The third-order valence-electron chi connectivity index (χ3n) is 2.78. The van der Waals surface area contributed by atoms with Crippen LogP contribution in [-0.2, 0) is 41.6 Å². The molecular formula is C10H24NO11P3. The third-order valence-corrected chi connectivity index (χ3v) is 12.4. The zero-order valence-electron chi connectivity index (χ0n) is 14.5. The molecule has 0 saturated carbocycles. The van der Waals surface area contributed by atoms with Gasteiger partial charge in [-0.15, -0.1) is 4.67 Å². The molecule has 0 aromatic carbocycles. The van der Waals surface area contributed by atoms with Crippen molar-refractivity contribution < 1.29 is 51.4 Å². The van der Waals surface area contributed by atoms with E-state index in [0.717, 1.165) is 14.2 Å². The van der Waals surface area contributed by atoms with Gasteiger partial charge in [-0.2, -0.15) is 0 Å². The third kappa shape index (κ3) is 4.42. The maximum Gasteiger partial charge on any atom is 0.397 e. The highest BCUT2D eigenvalue weighted by atomic mass is 31.3. The van der Waals surface area contributed by atoms with Crippen molar-refractivity contribution in [3.05, 3.63) is 0 Å². The highest BCUT2D eigenvalue weighted by Gasteiger charge is 2.81. The zero-order valence-corrected chi connectivity index (χ0v) is 17.2. The molecule has 0 heterocycles. The fourth-order valence-electron chi connectivity index (χ4n) is 1.98. The Morgan fingerprint density at radius 3 is 1.64 bits per heavy atom. The van der Waals surface area contributed by atoms with Gasteiger partial charge in [0.2, 0.25) is 0 Å². The minimum absolute atomic E-state index is 0.419. The van der Waals surface area contributed by atoms with Gasteiger partial charge in [0.05, 0.1) is 26.9 Å². The van der Waals surface area contributed by atoms with Gasteiger partial charge in [0.1, 0.15) is 0 Å². The number of nitrogens with one attached hydrogen (secondary N) is 1. The summed E-state index contributed by atoms with van der Waals surface area (Å²) in [7, 11) is -14.4. The van der Waals surface area contributed by atoms with Crippen LogP contribution in [0.2, 0.25) is 0 Å². The van der Waals surface area contributed by atoms with Crippen LogP contribution in [0.1, 0.15) is 20.8 Å². The molecule has 0 fully saturated rings. The molecule has 0 spiro atoms. The average Bonchev–Trinajstić information content (AvgIpc) is 2.46. The van der Waals surface area contributed by atoms with Gasteiger partial charge in [-0.1, -0.05) is 0 Å². The van der Waals surface area contributed by atoms with Gasteiger partial charge >= 0.3 is 27.4 Å². The second-order valence-corrected chi connectivity index (χ2v) is 11.3. The van der Waals surface area contributed by atoms with Crippen molar-refractivity contribution in [1.29, 1.82) is 0 Å². The highest BCUT2D eigenvalue weighted by Crippen LogP contribution is 2.88. The molecule has 0 aliphatic carbocycles. The van der Waals surface area contributed by atoms with Gasteiger partial charge in [0.15, 0.2) is 0 Å². The number of carbonyl (C=O) groups is 1. The number of rotatable bonds is 12. The summed E-state index contributed by atoms with van der Waals surface area (Å²) in [4.78, 5) is 37.5. The summed E-state index contributed by atoms with van der Waals surface area (Å²) in [5, 5.41) is 1.91. The molecule has 3 atom stereocenters. The molecule has 0 aliphatic heterocycles. The van der Waals surface area contributed by atoms with Crippen molar-refractivity contribution in [1.82, 2.24) is 5.32 Å². The summed E-state index contributed by atoms with van der Waals surface area (Å²) in [6.07, 6.45) is 0. The lowest BCUT2D eigenvalue weighted by molar-refractivity contribution is -0.189. The topological polar surface area (TPSA) is 167 Å². The van der Waals surface area contributed by atoms with Gasteiger partial charge < -0.3 is 28.7 Å². The summed E-state index contributed by atoms with van der Waals surface area (Å²) < 4.78 is 53.8. The van der Waals surface area contributed by atoms with Crippen LogP contribution in [0.5, 0.6) is 0 Å². The van der Waals surface area contributed by atoms with Gasteiger partial charge in [0.25, 0.3) is 5.91 Å². The lowest BCUT2D eigenvalue weighted by Crippen LogP contribution is -2.46. The minimum Gasteiger partial charge on any atom is -0.357 e. The lowest BCUT2D eigenvalue weighted by atomic mass is 10.7. The summed E-state index contributed by atoms with van der Waals surface area (Å²) in [5.74, 6) is -1.61. The summed E-state index contributed by atoms with van der Waals surface area (Å²) in [5.41, 5.74) is 0. The van der Waals surface area contributed by atoms with E-state index in [1.165, 1.54) is 20.8 Å². The van der Waals surface area contributed by atoms with E-state index in [0.29, 0.717) is 0 Å². The molecule has 0 saturated heterocycles. The molecule has 0 aromatic rings. The predicted molar refractivity (Wildman–Crippen MR) is 87.0 cm³/mol. The summed E-state index contributed by atoms with van der Waals surface area (Å²) in [6, 6.07) is 0. The molecule has 1 amide bonds. The molecule has 0 radical (unpaired) electrons. The second kappa shape index (κ2) is 9.71. The first-order valence-electron chi connectivity index (χ1n) is 7.12. The quantitative estimate of drug-likeness (QED) is 0.235. The second-order valence-electron chi connectivity index (χ2n) is 4.25. The number of hydrogen-bond acceptors (Lipinski definition) is 9. The maximum absolute atomic E-state index is 13.2. The lowest BCUT2D eigenvalue weighted by Gasteiger charge is -2.39. The molecule has 3 N–H and O–H groups in total. The Morgan fingerprint density at radius 1 is 0.960 bits per heavy atom. The Hall–Kier alpha value is -0.120. The smallest absolute Gasteiger partial charge is 0.357 e. The molecule has 3 unspecified atom stereocenters. The molecule has 12 nitrogen and oxygen atoms in total. The number of amides is 1. The van der Waals surface area contributed by atoms with Crippen LogP contribution >= 0.6 is 22.8 Å². The molecule has 15 heteroatoms. The first kappa shape index (κ1) is 24.9. The fraction of sp³-hybridized carbons (Fsp3) is 0.900. The van der Waals surface area contributed by atoms with Crippen LogP contribution < -0.4 is 5.32 Å². The maximum atomic E-state index is 13.2. The van der Waals surface area contributed by atoms with Gasteiger partial charge in [-0.3, -0.25) is 18.5 Å². The van der Waals surface area contributed by atoms with E-state index >= 15 is 0 Å². The first-order chi connectivity index (χ1) is 11.5. The minimum atomic E-state index is -5.48. The predicted octanol–water partition coefficient (Wildman–Crippen LogP) is 1.64. The SMILES string of the molecule is CCOP(=O)(O)C(C(=O)NC)(P(=O)(O)OCC)P(=O)(OCC)OOC. The Kier molecular flexibility index (Phi) is 9.66. The van der Waals surface area contributed by atoms with Crippen LogP contribution in [0.4, 0.5) is 0 Å². The molecule has 0 aromatic heterocycles. The van der Waals surface area contributed by atoms with E-state index < -0.39 is 53.2 Å². The van der Waals surface area contributed by atoms with E-state index in [9.17, 15) is 28.3 Å². The Balaban J connectivity index is 7.13. The fourth-order valence-corrected chi connectivity index (χ4v) is 9.99. The standard InChI is InChI=1S/C10H24NO11P3/c1-6-19-23(13,14)10(9(12)11-4,24(15,16)20-7-2)25(17,21-8-3)22-18-5/h6-8H2,1-5H3,(H,11,12)(H,13,14)(H,15,16). The Morgan fingerprint density at radius 2 is 1.36 bits per heavy atom. The number of carbonyl (C=O) groups excluding carboxylic acids is 1. The normalized spacial score (nSPS) is 21.4. The molecule has 0 bridgehead atoms. The first-order valence-corrected chi connectivity index (χ1v) is 11.8. The van der Waals surface area contributed by atoms with Crippen molar-refractivity contribution in [2.24, 2.45) is 0 Å². The van der Waals surface area contributed by atoms with E-state index in [-0.39, 0.29) is 0 Å². The summed E-state index contributed by atoms with van der Waals surface area (Å²) in [6.45, 7) is 2.53. The van der Waals surface area contributed by atoms with E-state index in [1.54, 1.807) is 0 Å². The number of hydrogen-bond donors (Lipinski definition) is 3. The van der Waals surface area contributed by atoms with Crippen molar-refractivity contribution in [2.45, 2.75) is 25.4 Å². The molecule has 0 aliphatic rings. The molecule has 0 rings (SSSR count). The average molecular weight is 427 g/mol. The van der Waals surface area contributed by atoms with Crippen LogP contribution in [0, 0.1) is 0 Å². The van der Waals surface area contributed by atoms with Crippen LogP contribution in [0.3, 0.4) is 0 Å². The van der Waals surface area contributed by atoms with Gasteiger partial charge in [-0.05, 0) is 20.8 Å². The van der Waals surface area contributed by atoms with E-state index in [4.69, 9.17) is 4.52 Å². The van der Waals surface area contributed by atoms with Crippen LogP contribution in [0.25, 0.3) is 0 Å². The van der Waals surface area contributed by atoms with E-state index in [2.05, 4.69) is 18.6 Å². The molecule has 150 valence electrons. The highest BCUT2D eigenvalue weighted by molar-refractivity contribution is 7.91. The van der Waals surface area contributed by atoms with Crippen molar-refractivity contribution in [3.8, 4) is 0 Å². The molecular weight excluding hydrogens is 403 g/mol. The monoisotopic (exact) mass is 427 g/mol. The van der Waals surface area contributed by atoms with Crippen LogP contribution in [0.15, 0.2) is 0 Å². The largest absolute Gasteiger partial charge is 0.397 e. The van der Waals surface area contributed by atoms with Crippen molar-refractivity contribution >= 4 is 28.7 Å². The zero-order chi connectivity index (χ0) is 19.9. The van der Waals surface area contributed by atoms with Gasteiger partial charge in [0, 0.05) is 7.05 Å². The Labute approximate surface area is 145 Å². The Bertz CT molecular complexity index is 559. The van der Waals surface area contributed by atoms with Crippen LogP contribution in [-0.4, -0.2) is 54.3 Å². The van der Waals surface area contributed by atoms with Gasteiger partial charge in [-0.25, -0.2) is 4.89 Å². The van der Waals surface area contributed by atoms with Crippen molar-refractivity contribution in [3.63, 3.8) is 0 Å². The molecule has 25 heavy (non-hydrogen) atoms.